The first-order chi connectivity index (χ1) is 15.0. The van der Waals surface area contributed by atoms with Crippen molar-refractivity contribution in [1.82, 2.24) is 19.5 Å². The van der Waals surface area contributed by atoms with Crippen LogP contribution in [0.3, 0.4) is 0 Å². The molecule has 1 aliphatic heterocycles. The number of aliphatic hydroxyl groups is 2. The summed E-state index contributed by atoms with van der Waals surface area (Å²) in [5.74, 6) is 0.162. The summed E-state index contributed by atoms with van der Waals surface area (Å²) in [7, 11) is -13.9. The minimum Gasteiger partial charge on any atom is -0.388 e. The molecule has 1 fully saturated rings. The molecular weight excluding hydrogens is 537 g/mol. The van der Waals surface area contributed by atoms with Gasteiger partial charge in [0.25, 0.3) is 0 Å². The molecule has 1 saturated heterocycles. The number of rotatable bonds is 1. The number of aliphatic hydroxyl groups excluding tert-OH is 2. The second-order valence-electron chi connectivity index (χ2n) is 6.04. The minimum atomic E-state index is -4.64. The topological polar surface area (TPSA) is 379 Å². The normalized spacial score (nSPS) is 22.6. The van der Waals surface area contributed by atoms with E-state index in [1.54, 1.807) is 6.92 Å². The van der Waals surface area contributed by atoms with E-state index in [0.29, 0.717) is 11.2 Å². The summed E-state index contributed by atoms with van der Waals surface area (Å²) in [5.41, 5.74) is 12.0. The third-order valence-corrected chi connectivity index (χ3v) is 3.22. The van der Waals surface area contributed by atoms with Crippen LogP contribution >= 0.6 is 23.5 Å². The zero-order chi connectivity index (χ0) is 27.2. The molecule has 2 aromatic heterocycles. The number of imidazole rings is 1. The van der Waals surface area contributed by atoms with Gasteiger partial charge in [0.1, 0.15) is 17.7 Å². The molecule has 1 aliphatic rings. The van der Waals surface area contributed by atoms with E-state index in [-0.39, 0.29) is 11.8 Å². The highest BCUT2D eigenvalue weighted by Crippen LogP contribution is 2.32. The highest BCUT2D eigenvalue weighted by molar-refractivity contribution is 7.45. The number of hydrogen-bond acceptors (Lipinski definition) is 11. The molecule has 0 aromatic carbocycles. The van der Waals surface area contributed by atoms with Crippen LogP contribution in [0.4, 0.5) is 11.8 Å². The Morgan fingerprint density at radius 3 is 1.62 bits per heavy atom. The van der Waals surface area contributed by atoms with Crippen LogP contribution in [-0.2, 0) is 18.4 Å². The summed E-state index contributed by atoms with van der Waals surface area (Å²) >= 11 is 0. The molecule has 15 N–H and O–H groups in total. The van der Waals surface area contributed by atoms with Gasteiger partial charge in [-0.25, -0.2) is 18.7 Å². The van der Waals surface area contributed by atoms with Crippen LogP contribution in [0, 0.1) is 0 Å². The molecule has 0 amide bonds. The number of nitrogens with two attached hydrogens (primary N) is 2. The maximum Gasteiger partial charge on any atom is 0.466 e. The number of phosphoric acid groups is 3. The molecule has 0 aliphatic carbocycles. The predicted octanol–water partition coefficient (Wildman–Crippen LogP) is -4.16. The van der Waals surface area contributed by atoms with E-state index in [4.69, 9.17) is 73.9 Å². The highest BCUT2D eigenvalue weighted by atomic mass is 31.2. The van der Waals surface area contributed by atoms with Crippen molar-refractivity contribution >= 4 is 46.4 Å². The van der Waals surface area contributed by atoms with Crippen LogP contribution in [-0.4, -0.2) is 92.1 Å². The van der Waals surface area contributed by atoms with Crippen molar-refractivity contribution < 1.29 is 72.7 Å². The first-order valence-electron chi connectivity index (χ1n) is 8.11. The van der Waals surface area contributed by atoms with E-state index in [9.17, 15) is 10.2 Å². The third kappa shape index (κ3) is 13.9. The number of aromatic nitrogens is 4. The Hall–Kier alpha value is -1.64. The average molecular weight is 560 g/mol. The monoisotopic (exact) mass is 560 g/mol. The Bertz CT molecular complexity index is 1010. The lowest BCUT2D eigenvalue weighted by molar-refractivity contribution is -0.0299. The molecule has 4 atom stereocenters. The molecule has 0 spiro atoms. The zero-order valence-electron chi connectivity index (χ0n) is 16.7. The fourth-order valence-electron chi connectivity index (χ4n) is 2.20. The first-order valence-corrected chi connectivity index (χ1v) is 12.8. The molecule has 21 nitrogen and oxygen atoms in total. The molecule has 3 rings (SSSR count). The van der Waals surface area contributed by atoms with Gasteiger partial charge >= 0.3 is 23.5 Å². The predicted molar refractivity (Wildman–Crippen MR) is 109 cm³/mol. The van der Waals surface area contributed by atoms with Crippen LogP contribution in [0.2, 0.25) is 0 Å². The van der Waals surface area contributed by atoms with Gasteiger partial charge in [0.15, 0.2) is 17.7 Å². The van der Waals surface area contributed by atoms with E-state index < -0.39 is 48.0 Å². The summed E-state index contributed by atoms with van der Waals surface area (Å²) in [6.45, 7) is 1.67. The lowest BCUT2D eigenvalue weighted by atomic mass is 10.1. The first kappa shape index (κ1) is 32.4. The average Bonchev–Trinajstić information content (AvgIpc) is 3.07. The standard InChI is InChI=1S/C10H14N6O3.3H3O4P/c1-3-5(17)6(18)9(19-3)16-2-13-4-7(11)14-10(12)15-8(4)16;3*1-5(2,3)4/h2-3,5-6,9,17-18H,1H3,(H4,11,12,14,15);3*(H3,1,2,3,4)/t3-,5-,6-,9-;;;/m1.../s1. The Kier molecular flexibility index (Phi) is 11.8. The van der Waals surface area contributed by atoms with Crippen molar-refractivity contribution in [2.24, 2.45) is 0 Å². The summed E-state index contributed by atoms with van der Waals surface area (Å²) < 4.78 is 33.6. The number of nitrogens with zero attached hydrogens (tertiary/aromatic N) is 4. The van der Waals surface area contributed by atoms with Gasteiger partial charge in [-0.05, 0) is 6.92 Å². The number of fused-ring (bicyclic) bond motifs is 1. The Labute approximate surface area is 188 Å². The van der Waals surface area contributed by atoms with Crippen molar-refractivity contribution in [2.45, 2.75) is 31.5 Å². The highest BCUT2D eigenvalue weighted by Gasteiger charge is 2.42. The summed E-state index contributed by atoms with van der Waals surface area (Å²) in [6.07, 6.45) is -1.91. The molecule has 0 saturated carbocycles. The molecule has 0 radical (unpaired) electrons. The maximum absolute atomic E-state index is 9.97. The Balaban J connectivity index is 0.000000599. The van der Waals surface area contributed by atoms with E-state index in [2.05, 4.69) is 15.0 Å². The summed E-state index contributed by atoms with van der Waals surface area (Å²) in [4.78, 5) is 76.6. The van der Waals surface area contributed by atoms with Gasteiger partial charge in [-0.1, -0.05) is 0 Å². The van der Waals surface area contributed by atoms with Gasteiger partial charge in [0.05, 0.1) is 12.4 Å². The van der Waals surface area contributed by atoms with Crippen LogP contribution in [0.1, 0.15) is 13.2 Å². The van der Waals surface area contributed by atoms with Crippen molar-refractivity contribution in [3.63, 3.8) is 0 Å². The quantitative estimate of drug-likeness (QED) is 0.147. The fraction of sp³-hybridized carbons (Fsp3) is 0.500. The van der Waals surface area contributed by atoms with Crippen molar-refractivity contribution in [3.05, 3.63) is 6.33 Å². The van der Waals surface area contributed by atoms with Crippen LogP contribution in [0.15, 0.2) is 6.33 Å². The SMILES string of the molecule is C[C@H]1O[C@@H](n2cnc3c(N)nc(N)nc32)[C@H](O)[C@@H]1O.O=P(O)(O)O.O=P(O)(O)O.O=P(O)(O)O. The van der Waals surface area contributed by atoms with E-state index >= 15 is 0 Å². The van der Waals surface area contributed by atoms with Crippen LogP contribution in [0.25, 0.3) is 11.2 Å². The fourth-order valence-corrected chi connectivity index (χ4v) is 2.20. The minimum absolute atomic E-state index is 0.00725. The Morgan fingerprint density at radius 1 is 0.853 bits per heavy atom. The summed E-state index contributed by atoms with van der Waals surface area (Å²) in [6, 6.07) is 0. The third-order valence-electron chi connectivity index (χ3n) is 3.22. The second-order valence-corrected chi connectivity index (χ2v) is 9.12. The smallest absolute Gasteiger partial charge is 0.388 e. The zero-order valence-corrected chi connectivity index (χ0v) is 19.4. The molecule has 3 heterocycles. The molecule has 34 heavy (non-hydrogen) atoms. The molecule has 24 heteroatoms. The molecule has 2 aromatic rings. The van der Waals surface area contributed by atoms with Gasteiger partial charge in [-0.2, -0.15) is 9.97 Å². The van der Waals surface area contributed by atoms with Gasteiger partial charge in [-0.3, -0.25) is 4.57 Å². The maximum atomic E-state index is 9.97. The molecule has 0 unspecified atom stereocenters. The van der Waals surface area contributed by atoms with E-state index in [1.807, 2.05) is 0 Å². The second kappa shape index (κ2) is 12.4. The number of anilines is 2. The van der Waals surface area contributed by atoms with E-state index in [1.165, 1.54) is 10.9 Å². The Morgan fingerprint density at radius 2 is 1.26 bits per heavy atom. The molecular formula is C10H23N6O15P3. The summed E-state index contributed by atoms with van der Waals surface area (Å²) in [5, 5.41) is 19.7. The number of nitrogen functional groups attached to an aromatic ring is 2. The van der Waals surface area contributed by atoms with Gasteiger partial charge < -0.3 is 70.5 Å². The van der Waals surface area contributed by atoms with Crippen molar-refractivity contribution in [2.75, 3.05) is 11.5 Å². The van der Waals surface area contributed by atoms with Gasteiger partial charge in [0, 0.05) is 0 Å². The van der Waals surface area contributed by atoms with Gasteiger partial charge in [-0.15, -0.1) is 0 Å². The van der Waals surface area contributed by atoms with Crippen molar-refractivity contribution in [3.8, 4) is 0 Å². The van der Waals surface area contributed by atoms with Crippen LogP contribution in [0.5, 0.6) is 0 Å². The van der Waals surface area contributed by atoms with E-state index in [0.717, 1.165) is 0 Å². The number of ether oxygens (including phenoxy) is 1. The van der Waals surface area contributed by atoms with Crippen molar-refractivity contribution in [1.29, 1.82) is 0 Å². The largest absolute Gasteiger partial charge is 0.466 e. The lowest BCUT2D eigenvalue weighted by Crippen LogP contribution is -2.30. The lowest BCUT2D eigenvalue weighted by Gasteiger charge is -2.16. The molecule has 0 bridgehead atoms. The molecule has 198 valence electrons. The van der Waals surface area contributed by atoms with Gasteiger partial charge in [0.2, 0.25) is 5.95 Å². The number of hydrogen-bond donors (Lipinski definition) is 13. The van der Waals surface area contributed by atoms with Crippen LogP contribution < -0.4 is 11.5 Å².